The van der Waals surface area contributed by atoms with E-state index in [1.165, 1.54) is 0 Å². The van der Waals surface area contributed by atoms with Gasteiger partial charge in [-0.3, -0.25) is 4.79 Å². The monoisotopic (exact) mass is 414 g/mol. The summed E-state index contributed by atoms with van der Waals surface area (Å²) in [7, 11) is -4.07. The Bertz CT molecular complexity index is 803. The van der Waals surface area contributed by atoms with Crippen LogP contribution in [0.5, 0.6) is 0 Å². The maximum Gasteiger partial charge on any atom is 0.416 e. The Balaban J connectivity index is 2.14. The van der Waals surface area contributed by atoms with Crippen LogP contribution >= 0.6 is 0 Å². The number of aromatic nitrogens is 1. The lowest BCUT2D eigenvalue weighted by molar-refractivity contribution is -0.201. The number of aliphatic hydroxyl groups excluding tert-OH is 1. The molecule has 1 saturated heterocycles. The number of nitrogens with zero attached hydrogens (tertiary/aromatic N) is 2. The Labute approximate surface area is 152 Å². The number of hydrogen-bond donors (Lipinski definition) is 3. The summed E-state index contributed by atoms with van der Waals surface area (Å²) in [5, 5.41) is 10.7. The summed E-state index contributed by atoms with van der Waals surface area (Å²) < 4.78 is 76.1. The molecule has 2 heterocycles. The SMILES string of the molecule is Nc1cc(S(=O)(=O)N2CCCC(F)C2)cnc1C(=O)NCC(O)C(F)(F)F. The number of rotatable bonds is 5. The van der Waals surface area contributed by atoms with Crippen LogP contribution in [0, 0.1) is 0 Å². The van der Waals surface area contributed by atoms with Crippen molar-refractivity contribution in [3.63, 3.8) is 0 Å². The zero-order valence-electron chi connectivity index (χ0n) is 13.9. The second-order valence-electron chi connectivity index (χ2n) is 5.98. The van der Waals surface area contributed by atoms with Crippen LogP contribution in [0.3, 0.4) is 0 Å². The molecule has 1 aromatic heterocycles. The van der Waals surface area contributed by atoms with Crippen LogP contribution in [0.4, 0.5) is 23.2 Å². The van der Waals surface area contributed by atoms with E-state index >= 15 is 0 Å². The van der Waals surface area contributed by atoms with E-state index in [1.54, 1.807) is 0 Å². The van der Waals surface area contributed by atoms with Gasteiger partial charge in [-0.1, -0.05) is 0 Å². The average Bonchev–Trinajstić information content (AvgIpc) is 2.58. The predicted molar refractivity (Wildman–Crippen MR) is 85.9 cm³/mol. The van der Waals surface area contributed by atoms with Crippen LogP contribution in [-0.2, 0) is 10.0 Å². The Morgan fingerprint density at radius 3 is 2.70 bits per heavy atom. The number of carbonyl (C=O) groups excluding carboxylic acids is 1. The molecular formula is C14H18F4N4O4S. The van der Waals surface area contributed by atoms with Crippen molar-refractivity contribution in [3.8, 4) is 0 Å². The molecule has 0 radical (unpaired) electrons. The number of carbonyl (C=O) groups is 1. The van der Waals surface area contributed by atoms with E-state index < -0.39 is 46.6 Å². The number of nitrogens with one attached hydrogen (secondary N) is 1. The number of amides is 1. The molecule has 2 atom stereocenters. The van der Waals surface area contributed by atoms with E-state index in [1.807, 2.05) is 5.32 Å². The van der Waals surface area contributed by atoms with Crippen molar-refractivity contribution < 1.29 is 35.9 Å². The lowest BCUT2D eigenvalue weighted by atomic mass is 10.1. The smallest absolute Gasteiger partial charge is 0.397 e. The Morgan fingerprint density at radius 1 is 1.48 bits per heavy atom. The van der Waals surface area contributed by atoms with E-state index in [2.05, 4.69) is 4.98 Å². The number of nitrogen functional groups attached to an aromatic ring is 1. The maximum absolute atomic E-state index is 13.5. The van der Waals surface area contributed by atoms with Crippen LogP contribution in [0.1, 0.15) is 23.3 Å². The predicted octanol–water partition coefficient (Wildman–Crippen LogP) is 0.439. The molecule has 0 aromatic carbocycles. The molecule has 1 aliphatic heterocycles. The molecule has 13 heteroatoms. The maximum atomic E-state index is 13.5. The lowest BCUT2D eigenvalue weighted by Crippen LogP contribution is -2.41. The van der Waals surface area contributed by atoms with Crippen molar-refractivity contribution in [1.82, 2.24) is 14.6 Å². The second-order valence-corrected chi connectivity index (χ2v) is 7.92. The van der Waals surface area contributed by atoms with Gasteiger partial charge < -0.3 is 16.2 Å². The molecule has 0 aliphatic carbocycles. The highest BCUT2D eigenvalue weighted by Crippen LogP contribution is 2.24. The summed E-state index contributed by atoms with van der Waals surface area (Å²) in [5.74, 6) is -1.11. The first-order chi connectivity index (χ1) is 12.4. The molecule has 2 unspecified atom stereocenters. The van der Waals surface area contributed by atoms with Gasteiger partial charge in [-0.05, 0) is 18.9 Å². The fourth-order valence-corrected chi connectivity index (χ4v) is 3.93. The number of alkyl halides is 4. The topological polar surface area (TPSA) is 126 Å². The summed E-state index contributed by atoms with van der Waals surface area (Å²) in [5.41, 5.74) is 4.72. The summed E-state index contributed by atoms with van der Waals surface area (Å²) in [6.07, 6.45) is -7.53. The van der Waals surface area contributed by atoms with E-state index in [0.29, 0.717) is 6.42 Å². The molecule has 0 saturated carbocycles. The molecule has 1 aromatic rings. The number of sulfonamides is 1. The molecule has 152 valence electrons. The van der Waals surface area contributed by atoms with E-state index in [-0.39, 0.29) is 30.1 Å². The number of piperidine rings is 1. The van der Waals surface area contributed by atoms with Gasteiger partial charge in [0, 0.05) is 19.3 Å². The highest BCUT2D eigenvalue weighted by atomic mass is 32.2. The first kappa shape index (κ1) is 21.3. The number of pyridine rings is 1. The van der Waals surface area contributed by atoms with Crippen molar-refractivity contribution in [2.45, 2.75) is 36.2 Å². The molecule has 8 nitrogen and oxygen atoms in total. The summed E-state index contributed by atoms with van der Waals surface area (Å²) in [6, 6.07) is 0.930. The number of halogens is 4. The fourth-order valence-electron chi connectivity index (χ4n) is 2.44. The van der Waals surface area contributed by atoms with E-state index in [9.17, 15) is 30.8 Å². The zero-order valence-corrected chi connectivity index (χ0v) is 14.7. The van der Waals surface area contributed by atoms with Crippen molar-refractivity contribution in [3.05, 3.63) is 18.0 Å². The molecule has 0 spiro atoms. The van der Waals surface area contributed by atoms with Crippen LogP contribution in [0.25, 0.3) is 0 Å². The van der Waals surface area contributed by atoms with Gasteiger partial charge in [0.2, 0.25) is 10.0 Å². The van der Waals surface area contributed by atoms with Crippen molar-refractivity contribution in [1.29, 1.82) is 0 Å². The van der Waals surface area contributed by atoms with E-state index in [0.717, 1.165) is 16.6 Å². The standard InChI is InChI=1S/C14H18F4N4O4S/c15-8-2-1-3-22(7-8)27(25,26)9-4-10(19)12(20-5-9)13(24)21-6-11(23)14(16,17)18/h4-5,8,11,23H,1-3,6-7,19H2,(H,21,24). The fraction of sp³-hybridized carbons (Fsp3) is 0.571. The lowest BCUT2D eigenvalue weighted by Gasteiger charge is -2.28. The zero-order chi connectivity index (χ0) is 20.4. The first-order valence-corrected chi connectivity index (χ1v) is 9.29. The molecule has 1 aliphatic rings. The van der Waals surface area contributed by atoms with Crippen molar-refractivity contribution in [2.75, 3.05) is 25.4 Å². The summed E-state index contributed by atoms with van der Waals surface area (Å²) >= 11 is 0. The highest BCUT2D eigenvalue weighted by Gasteiger charge is 2.38. The quantitative estimate of drug-likeness (QED) is 0.601. The van der Waals surface area contributed by atoms with Crippen molar-refractivity contribution >= 4 is 21.6 Å². The largest absolute Gasteiger partial charge is 0.416 e. The minimum atomic E-state index is -4.91. The Morgan fingerprint density at radius 2 is 2.15 bits per heavy atom. The molecule has 1 fully saturated rings. The van der Waals surface area contributed by atoms with Crippen LogP contribution in [-0.4, -0.2) is 66.8 Å². The van der Waals surface area contributed by atoms with Crippen molar-refractivity contribution in [2.24, 2.45) is 0 Å². The third kappa shape index (κ3) is 5.05. The molecule has 2 rings (SSSR count). The third-order valence-electron chi connectivity index (χ3n) is 3.91. The van der Waals surface area contributed by atoms with Gasteiger partial charge in [-0.2, -0.15) is 17.5 Å². The first-order valence-electron chi connectivity index (χ1n) is 7.85. The molecule has 27 heavy (non-hydrogen) atoms. The van der Waals surface area contributed by atoms with Gasteiger partial charge in [0.25, 0.3) is 5.91 Å². The third-order valence-corrected chi connectivity index (χ3v) is 5.74. The van der Waals surface area contributed by atoms with Gasteiger partial charge in [-0.25, -0.2) is 17.8 Å². The number of anilines is 1. The average molecular weight is 414 g/mol. The normalized spacial score (nSPS) is 20.3. The molecular weight excluding hydrogens is 396 g/mol. The highest BCUT2D eigenvalue weighted by molar-refractivity contribution is 7.89. The molecule has 1 amide bonds. The number of nitrogens with two attached hydrogens (primary N) is 1. The van der Waals surface area contributed by atoms with Gasteiger partial charge in [0.15, 0.2) is 11.8 Å². The number of aliphatic hydroxyl groups is 1. The second kappa shape index (κ2) is 7.94. The molecule has 4 N–H and O–H groups in total. The number of hydrogen-bond acceptors (Lipinski definition) is 6. The van der Waals surface area contributed by atoms with Gasteiger partial charge in [0.05, 0.1) is 12.2 Å². The minimum Gasteiger partial charge on any atom is -0.397 e. The summed E-state index contributed by atoms with van der Waals surface area (Å²) in [6.45, 7) is -1.30. The summed E-state index contributed by atoms with van der Waals surface area (Å²) in [4.78, 5) is 15.1. The Hall–Kier alpha value is -1.99. The van der Waals surface area contributed by atoms with E-state index in [4.69, 9.17) is 10.8 Å². The van der Waals surface area contributed by atoms with Crippen LogP contribution in [0.2, 0.25) is 0 Å². The van der Waals surface area contributed by atoms with Gasteiger partial charge in [0.1, 0.15) is 11.1 Å². The van der Waals surface area contributed by atoms with Gasteiger partial charge >= 0.3 is 6.18 Å². The van der Waals surface area contributed by atoms with Crippen LogP contribution < -0.4 is 11.1 Å². The Kier molecular flexibility index (Phi) is 6.27. The molecule has 0 bridgehead atoms. The van der Waals surface area contributed by atoms with Crippen LogP contribution in [0.15, 0.2) is 17.2 Å². The minimum absolute atomic E-state index is 0.125. The van der Waals surface area contributed by atoms with Gasteiger partial charge in [-0.15, -0.1) is 0 Å².